The highest BCUT2D eigenvalue weighted by atomic mass is 19.2. The summed E-state index contributed by atoms with van der Waals surface area (Å²) in [6.07, 6.45) is 0.851. The molecule has 1 aromatic carbocycles. The molecule has 3 heterocycles. The van der Waals surface area contributed by atoms with E-state index in [1.807, 2.05) is 0 Å². The van der Waals surface area contributed by atoms with Gasteiger partial charge < -0.3 is 9.64 Å². The van der Waals surface area contributed by atoms with Gasteiger partial charge in [0.05, 0.1) is 18.9 Å². The summed E-state index contributed by atoms with van der Waals surface area (Å²) in [7, 11) is 0. The largest absolute Gasteiger partial charge is 0.378 e. The number of rotatable bonds is 4. The molecule has 2 aliphatic rings. The maximum Gasteiger partial charge on any atom is 0.159 e. The van der Waals surface area contributed by atoms with Crippen LogP contribution in [0.15, 0.2) is 18.2 Å². The Balaban J connectivity index is 1.59. The fraction of sp³-hybridized carbons (Fsp3) is 0.524. The van der Waals surface area contributed by atoms with Crippen molar-refractivity contribution in [1.82, 2.24) is 14.9 Å². The number of fused-ring (bicyclic) bond motifs is 1. The number of nitrogens with zero attached hydrogens (tertiary/aromatic N) is 4. The van der Waals surface area contributed by atoms with Crippen molar-refractivity contribution < 1.29 is 13.5 Å². The SMILES string of the molecule is CC(C)c1nc2c(c(N3CCOCC3)n1)CCN(Cc1ccc(F)c(F)c1)C2. The molecule has 0 aliphatic carbocycles. The van der Waals surface area contributed by atoms with E-state index < -0.39 is 11.6 Å². The molecule has 0 atom stereocenters. The van der Waals surface area contributed by atoms with Gasteiger partial charge in [0.15, 0.2) is 11.6 Å². The molecule has 1 fully saturated rings. The Kier molecular flexibility index (Phi) is 5.55. The van der Waals surface area contributed by atoms with E-state index in [1.165, 1.54) is 17.7 Å². The van der Waals surface area contributed by atoms with Crippen molar-refractivity contribution in [2.24, 2.45) is 0 Å². The Morgan fingerprint density at radius 1 is 1.07 bits per heavy atom. The van der Waals surface area contributed by atoms with Crippen LogP contribution in [0.2, 0.25) is 0 Å². The molecule has 2 aromatic rings. The normalized spacial score (nSPS) is 17.8. The van der Waals surface area contributed by atoms with Gasteiger partial charge in [0.1, 0.15) is 11.6 Å². The first-order valence-corrected chi connectivity index (χ1v) is 9.90. The molecule has 7 heteroatoms. The van der Waals surface area contributed by atoms with E-state index in [2.05, 4.69) is 23.6 Å². The van der Waals surface area contributed by atoms with Gasteiger partial charge in [-0.2, -0.15) is 0 Å². The number of anilines is 1. The number of halogens is 2. The molecule has 0 N–H and O–H groups in total. The molecular formula is C21H26F2N4O. The topological polar surface area (TPSA) is 41.5 Å². The van der Waals surface area contributed by atoms with Crippen LogP contribution in [0, 0.1) is 11.6 Å². The van der Waals surface area contributed by atoms with Crippen LogP contribution in [0.3, 0.4) is 0 Å². The molecule has 0 bridgehead atoms. The number of hydrogen-bond acceptors (Lipinski definition) is 5. The second-order valence-electron chi connectivity index (χ2n) is 7.79. The molecule has 2 aliphatic heterocycles. The average molecular weight is 388 g/mol. The third kappa shape index (κ3) is 4.00. The summed E-state index contributed by atoms with van der Waals surface area (Å²) in [6, 6.07) is 4.12. The maximum absolute atomic E-state index is 13.5. The summed E-state index contributed by atoms with van der Waals surface area (Å²) < 4.78 is 32.2. The Bertz CT molecular complexity index is 853. The molecule has 1 aromatic heterocycles. The smallest absolute Gasteiger partial charge is 0.159 e. The summed E-state index contributed by atoms with van der Waals surface area (Å²) in [4.78, 5) is 14.3. The van der Waals surface area contributed by atoms with Gasteiger partial charge in [-0.05, 0) is 24.1 Å². The highest BCUT2D eigenvalue weighted by Gasteiger charge is 2.26. The van der Waals surface area contributed by atoms with Crippen LogP contribution < -0.4 is 4.90 Å². The Morgan fingerprint density at radius 3 is 2.57 bits per heavy atom. The average Bonchev–Trinajstić information content (AvgIpc) is 2.70. The molecule has 0 unspecified atom stereocenters. The van der Waals surface area contributed by atoms with Crippen LogP contribution in [-0.2, 0) is 24.2 Å². The zero-order valence-corrected chi connectivity index (χ0v) is 16.4. The summed E-state index contributed by atoms with van der Waals surface area (Å²) in [5.74, 6) is 0.539. The Morgan fingerprint density at radius 2 is 1.86 bits per heavy atom. The lowest BCUT2D eigenvalue weighted by atomic mass is 10.0. The van der Waals surface area contributed by atoms with E-state index in [4.69, 9.17) is 14.7 Å². The molecule has 0 spiro atoms. The summed E-state index contributed by atoms with van der Waals surface area (Å²) in [5.41, 5.74) is 3.04. The number of aromatic nitrogens is 2. The second kappa shape index (κ2) is 8.09. The lowest BCUT2D eigenvalue weighted by Crippen LogP contribution is -2.39. The monoisotopic (exact) mass is 388 g/mol. The highest BCUT2D eigenvalue weighted by Crippen LogP contribution is 2.29. The van der Waals surface area contributed by atoms with E-state index in [0.717, 1.165) is 62.2 Å². The number of benzene rings is 1. The standard InChI is InChI=1S/C21H26F2N4O/c1-14(2)20-24-19-13-26(12-15-3-4-17(22)18(23)11-15)6-5-16(19)21(25-20)27-7-9-28-10-8-27/h3-4,11,14H,5-10,12-13H2,1-2H3. The first-order chi connectivity index (χ1) is 13.5. The maximum atomic E-state index is 13.5. The van der Waals surface area contributed by atoms with Gasteiger partial charge >= 0.3 is 0 Å². The van der Waals surface area contributed by atoms with Crippen molar-refractivity contribution in [3.8, 4) is 0 Å². The quantitative estimate of drug-likeness (QED) is 0.804. The zero-order valence-electron chi connectivity index (χ0n) is 16.4. The second-order valence-corrected chi connectivity index (χ2v) is 7.79. The van der Waals surface area contributed by atoms with Crippen LogP contribution in [-0.4, -0.2) is 47.7 Å². The van der Waals surface area contributed by atoms with E-state index in [1.54, 1.807) is 6.07 Å². The molecule has 0 amide bonds. The minimum absolute atomic E-state index is 0.242. The molecular weight excluding hydrogens is 362 g/mol. The Labute approximate surface area is 164 Å². The third-order valence-electron chi connectivity index (χ3n) is 5.36. The van der Waals surface area contributed by atoms with Crippen molar-refractivity contribution in [2.75, 3.05) is 37.7 Å². The fourth-order valence-electron chi connectivity index (χ4n) is 3.81. The van der Waals surface area contributed by atoms with Crippen molar-refractivity contribution >= 4 is 5.82 Å². The summed E-state index contributed by atoms with van der Waals surface area (Å²) in [5, 5.41) is 0. The van der Waals surface area contributed by atoms with Crippen molar-refractivity contribution in [3.05, 3.63) is 52.5 Å². The van der Waals surface area contributed by atoms with Crippen molar-refractivity contribution in [2.45, 2.75) is 39.3 Å². The van der Waals surface area contributed by atoms with Gasteiger partial charge in [0, 0.05) is 44.2 Å². The van der Waals surface area contributed by atoms with Crippen LogP contribution in [0.5, 0.6) is 0 Å². The predicted octanol–water partition coefficient (Wildman–Crippen LogP) is 3.27. The van der Waals surface area contributed by atoms with Gasteiger partial charge in [-0.3, -0.25) is 4.90 Å². The fourth-order valence-corrected chi connectivity index (χ4v) is 3.81. The minimum Gasteiger partial charge on any atom is -0.378 e. The number of hydrogen-bond donors (Lipinski definition) is 0. The van der Waals surface area contributed by atoms with Crippen LogP contribution >= 0.6 is 0 Å². The molecule has 5 nitrogen and oxygen atoms in total. The molecule has 0 saturated carbocycles. The van der Waals surface area contributed by atoms with Gasteiger partial charge in [0.2, 0.25) is 0 Å². The number of morpholine rings is 1. The van der Waals surface area contributed by atoms with Crippen LogP contribution in [0.1, 0.15) is 42.4 Å². The zero-order chi connectivity index (χ0) is 19.7. The lowest BCUT2D eigenvalue weighted by Gasteiger charge is -2.34. The first-order valence-electron chi connectivity index (χ1n) is 9.90. The van der Waals surface area contributed by atoms with E-state index in [0.29, 0.717) is 13.1 Å². The van der Waals surface area contributed by atoms with Crippen molar-refractivity contribution in [1.29, 1.82) is 0 Å². The van der Waals surface area contributed by atoms with Gasteiger partial charge in [-0.15, -0.1) is 0 Å². The van der Waals surface area contributed by atoms with E-state index >= 15 is 0 Å². The first kappa shape index (κ1) is 19.2. The minimum atomic E-state index is -0.808. The summed E-state index contributed by atoms with van der Waals surface area (Å²) in [6.45, 7) is 9.45. The third-order valence-corrected chi connectivity index (χ3v) is 5.36. The highest BCUT2D eigenvalue weighted by molar-refractivity contribution is 5.51. The van der Waals surface area contributed by atoms with Crippen LogP contribution in [0.4, 0.5) is 14.6 Å². The molecule has 28 heavy (non-hydrogen) atoms. The van der Waals surface area contributed by atoms with Crippen molar-refractivity contribution in [3.63, 3.8) is 0 Å². The van der Waals surface area contributed by atoms with Gasteiger partial charge in [0.25, 0.3) is 0 Å². The van der Waals surface area contributed by atoms with E-state index in [9.17, 15) is 8.78 Å². The number of ether oxygens (including phenoxy) is 1. The molecule has 4 rings (SSSR count). The molecule has 0 radical (unpaired) electrons. The van der Waals surface area contributed by atoms with Crippen LogP contribution in [0.25, 0.3) is 0 Å². The molecule has 1 saturated heterocycles. The van der Waals surface area contributed by atoms with Gasteiger partial charge in [-0.1, -0.05) is 19.9 Å². The van der Waals surface area contributed by atoms with Gasteiger partial charge in [-0.25, -0.2) is 18.7 Å². The Hall–Kier alpha value is -2.12. The summed E-state index contributed by atoms with van der Waals surface area (Å²) >= 11 is 0. The predicted molar refractivity (Wildman–Crippen MR) is 103 cm³/mol. The molecule has 150 valence electrons. The van der Waals surface area contributed by atoms with E-state index in [-0.39, 0.29) is 5.92 Å². The lowest BCUT2D eigenvalue weighted by molar-refractivity contribution is 0.122.